The fourth-order valence-electron chi connectivity index (χ4n) is 1.22. The molecule has 0 saturated carbocycles. The number of hydrogen-bond acceptors (Lipinski definition) is 4. The molecule has 0 fully saturated rings. The summed E-state index contributed by atoms with van der Waals surface area (Å²) in [4.78, 5) is 33.1. The highest BCUT2D eigenvalue weighted by molar-refractivity contribution is 6.03. The number of Topliss-reactive ketones (excluding diaryl/α,β-unsaturated/α-hetero) is 1. The topological polar surface area (TPSA) is 104 Å². The van der Waals surface area contributed by atoms with Crippen LogP contribution in [-0.2, 0) is 14.4 Å². The van der Waals surface area contributed by atoms with E-state index in [-0.39, 0.29) is 0 Å². The van der Waals surface area contributed by atoms with Crippen molar-refractivity contribution in [3.63, 3.8) is 0 Å². The molecule has 3 N–H and O–H groups in total. The van der Waals surface area contributed by atoms with Crippen LogP contribution in [0.3, 0.4) is 0 Å². The zero-order valence-electron chi connectivity index (χ0n) is 8.85. The second-order valence-corrected chi connectivity index (χ2v) is 3.48. The van der Waals surface area contributed by atoms with E-state index in [9.17, 15) is 14.4 Å². The maximum absolute atomic E-state index is 11.5. The van der Waals surface area contributed by atoms with E-state index in [1.807, 2.05) is 0 Å². The van der Waals surface area contributed by atoms with Gasteiger partial charge >= 0.3 is 11.9 Å². The lowest BCUT2D eigenvalue weighted by Crippen LogP contribution is -2.49. The lowest BCUT2D eigenvalue weighted by atomic mass is 9.89. The Morgan fingerprint density at radius 3 is 1.73 bits per heavy atom. The molecule has 0 radical (unpaired) electrons. The molecule has 2 atom stereocenters. The van der Waals surface area contributed by atoms with Crippen LogP contribution in [0, 0.1) is 11.8 Å². The van der Waals surface area contributed by atoms with Crippen molar-refractivity contribution >= 4 is 17.7 Å². The monoisotopic (exact) mass is 217 g/mol. The lowest BCUT2D eigenvalue weighted by molar-refractivity contribution is -0.155. The summed E-state index contributed by atoms with van der Waals surface area (Å²) in [5.41, 5.74) is 0. The summed E-state index contributed by atoms with van der Waals surface area (Å²) >= 11 is 0. The van der Waals surface area contributed by atoms with E-state index in [1.54, 1.807) is 0 Å². The number of likely N-dealkylation sites (N-methyl/N-ethyl adjacent to an activating group) is 1. The summed E-state index contributed by atoms with van der Waals surface area (Å²) < 4.78 is 0. The molecule has 0 aliphatic heterocycles. The van der Waals surface area contributed by atoms with Crippen LogP contribution in [0.4, 0.5) is 0 Å². The van der Waals surface area contributed by atoms with E-state index in [4.69, 9.17) is 10.2 Å². The Morgan fingerprint density at radius 2 is 1.53 bits per heavy atom. The van der Waals surface area contributed by atoms with Crippen molar-refractivity contribution in [3.8, 4) is 0 Å². The van der Waals surface area contributed by atoms with Crippen molar-refractivity contribution in [2.45, 2.75) is 19.9 Å². The molecule has 15 heavy (non-hydrogen) atoms. The lowest BCUT2D eigenvalue weighted by Gasteiger charge is -2.20. The molecule has 0 spiro atoms. The summed E-state index contributed by atoms with van der Waals surface area (Å²) in [7, 11) is 1.31. The van der Waals surface area contributed by atoms with E-state index in [1.165, 1.54) is 20.9 Å². The van der Waals surface area contributed by atoms with Gasteiger partial charge in [0.15, 0.2) is 5.78 Å². The quantitative estimate of drug-likeness (QED) is 0.522. The summed E-state index contributed by atoms with van der Waals surface area (Å²) in [6.45, 7) is 3.07. The van der Waals surface area contributed by atoms with Gasteiger partial charge in [-0.2, -0.15) is 0 Å². The van der Waals surface area contributed by atoms with Gasteiger partial charge in [-0.1, -0.05) is 13.8 Å². The second kappa shape index (κ2) is 5.45. The Bertz CT molecular complexity index is 274. The summed E-state index contributed by atoms with van der Waals surface area (Å²) in [6.07, 6.45) is 0. The number of carbonyl (C=O) groups is 3. The van der Waals surface area contributed by atoms with E-state index in [2.05, 4.69) is 5.32 Å². The average molecular weight is 217 g/mol. The summed E-state index contributed by atoms with van der Waals surface area (Å²) in [5.74, 6) is -5.42. The molecule has 0 heterocycles. The maximum atomic E-state index is 11.5. The molecule has 0 bridgehead atoms. The first-order chi connectivity index (χ1) is 6.82. The van der Waals surface area contributed by atoms with Gasteiger partial charge in [0.25, 0.3) is 0 Å². The third-order valence-corrected chi connectivity index (χ3v) is 2.05. The molecule has 0 aromatic heterocycles. The van der Waals surface area contributed by atoms with E-state index >= 15 is 0 Å². The van der Waals surface area contributed by atoms with Gasteiger partial charge in [0, 0.05) is 5.92 Å². The molecule has 0 rings (SSSR count). The van der Waals surface area contributed by atoms with Gasteiger partial charge in [-0.3, -0.25) is 14.4 Å². The van der Waals surface area contributed by atoms with E-state index < -0.39 is 35.6 Å². The van der Waals surface area contributed by atoms with E-state index in [0.29, 0.717) is 0 Å². The third kappa shape index (κ3) is 3.32. The highest BCUT2D eigenvalue weighted by Gasteiger charge is 2.39. The van der Waals surface area contributed by atoms with Crippen molar-refractivity contribution < 1.29 is 24.6 Å². The van der Waals surface area contributed by atoms with Crippen LogP contribution in [0.1, 0.15) is 13.8 Å². The Kier molecular flexibility index (Phi) is 4.93. The van der Waals surface area contributed by atoms with Gasteiger partial charge in [0.2, 0.25) is 0 Å². The van der Waals surface area contributed by atoms with Crippen LogP contribution in [-0.4, -0.2) is 41.0 Å². The van der Waals surface area contributed by atoms with Gasteiger partial charge in [0.05, 0.1) is 0 Å². The van der Waals surface area contributed by atoms with Crippen LogP contribution in [0.5, 0.6) is 0 Å². The standard InChI is InChI=1S/C9H15NO5/c1-4(2)7(11)5(8(12)13)6(10-3)9(14)15/h4-6,10H,1-3H3,(H,12,13)(H,14,15). The van der Waals surface area contributed by atoms with Crippen molar-refractivity contribution in [2.24, 2.45) is 11.8 Å². The largest absolute Gasteiger partial charge is 0.481 e. The molecular formula is C9H15NO5. The Hall–Kier alpha value is -1.43. The smallest absolute Gasteiger partial charge is 0.322 e. The van der Waals surface area contributed by atoms with Crippen LogP contribution in [0.2, 0.25) is 0 Å². The second-order valence-electron chi connectivity index (χ2n) is 3.48. The molecule has 6 heteroatoms. The Morgan fingerprint density at radius 1 is 1.07 bits per heavy atom. The predicted octanol–water partition coefficient (Wildman–Crippen LogP) is -0.415. The maximum Gasteiger partial charge on any atom is 0.322 e. The van der Waals surface area contributed by atoms with Crippen molar-refractivity contribution in [2.75, 3.05) is 7.05 Å². The number of carboxylic acid groups (broad SMARTS) is 2. The van der Waals surface area contributed by atoms with Gasteiger partial charge in [-0.05, 0) is 7.05 Å². The molecule has 0 amide bonds. The number of aliphatic carboxylic acids is 2. The van der Waals surface area contributed by atoms with Crippen molar-refractivity contribution in [3.05, 3.63) is 0 Å². The Balaban J connectivity index is 5.03. The first kappa shape index (κ1) is 13.6. The number of nitrogens with one attached hydrogen (secondary N) is 1. The average Bonchev–Trinajstić information content (AvgIpc) is 2.11. The van der Waals surface area contributed by atoms with Crippen LogP contribution in [0.15, 0.2) is 0 Å². The fourth-order valence-corrected chi connectivity index (χ4v) is 1.22. The minimum Gasteiger partial charge on any atom is -0.481 e. The van der Waals surface area contributed by atoms with Gasteiger partial charge < -0.3 is 15.5 Å². The van der Waals surface area contributed by atoms with Crippen LogP contribution < -0.4 is 5.32 Å². The number of carbonyl (C=O) groups excluding carboxylic acids is 1. The summed E-state index contributed by atoms with van der Waals surface area (Å²) in [5, 5.41) is 19.9. The van der Waals surface area contributed by atoms with Crippen LogP contribution >= 0.6 is 0 Å². The molecule has 0 aliphatic rings. The number of carboxylic acids is 2. The first-order valence-corrected chi connectivity index (χ1v) is 4.49. The Labute approximate surface area is 87.3 Å². The highest BCUT2D eigenvalue weighted by atomic mass is 16.4. The third-order valence-electron chi connectivity index (χ3n) is 2.05. The van der Waals surface area contributed by atoms with Crippen molar-refractivity contribution in [1.29, 1.82) is 0 Å². The molecule has 0 aromatic carbocycles. The normalized spacial score (nSPS) is 14.7. The molecule has 2 unspecified atom stereocenters. The SMILES string of the molecule is CNC(C(=O)O)C(C(=O)O)C(=O)C(C)C. The molecule has 86 valence electrons. The molecule has 0 aromatic rings. The molecule has 0 aliphatic carbocycles. The van der Waals surface area contributed by atoms with Crippen molar-refractivity contribution in [1.82, 2.24) is 5.32 Å². The first-order valence-electron chi connectivity index (χ1n) is 4.49. The highest BCUT2D eigenvalue weighted by Crippen LogP contribution is 2.12. The number of rotatable bonds is 6. The van der Waals surface area contributed by atoms with E-state index in [0.717, 1.165) is 0 Å². The molecule has 0 saturated heterocycles. The zero-order valence-corrected chi connectivity index (χ0v) is 8.85. The van der Waals surface area contributed by atoms with Gasteiger partial charge in [0.1, 0.15) is 12.0 Å². The number of hydrogen-bond donors (Lipinski definition) is 3. The minimum absolute atomic E-state index is 0.513. The molecule has 6 nitrogen and oxygen atoms in total. The fraction of sp³-hybridized carbons (Fsp3) is 0.667. The minimum atomic E-state index is -1.55. The van der Waals surface area contributed by atoms with Crippen LogP contribution in [0.25, 0.3) is 0 Å². The number of ketones is 1. The van der Waals surface area contributed by atoms with Gasteiger partial charge in [-0.25, -0.2) is 0 Å². The predicted molar refractivity (Wildman–Crippen MR) is 51.5 cm³/mol. The summed E-state index contributed by atoms with van der Waals surface area (Å²) in [6, 6.07) is -1.39. The van der Waals surface area contributed by atoms with Gasteiger partial charge in [-0.15, -0.1) is 0 Å². The molecular weight excluding hydrogens is 202 g/mol. The zero-order chi connectivity index (χ0) is 12.2.